The van der Waals surface area contributed by atoms with Crippen LogP contribution in [0.15, 0.2) is 36.8 Å². The van der Waals surface area contributed by atoms with Gasteiger partial charge in [-0.3, -0.25) is 9.78 Å². The van der Waals surface area contributed by atoms with Gasteiger partial charge in [0, 0.05) is 12.8 Å². The van der Waals surface area contributed by atoms with Crippen molar-refractivity contribution in [3.8, 4) is 0 Å². The molecule has 2 aromatic heterocycles. The van der Waals surface area contributed by atoms with E-state index in [9.17, 15) is 4.79 Å². The lowest BCUT2D eigenvalue weighted by Gasteiger charge is -2.24. The fraction of sp³-hybridized carbons (Fsp3) is 0.444. The minimum Gasteiger partial charge on any atom is -0.376 e. The molecular weight excluding hydrogens is 304 g/mol. The van der Waals surface area contributed by atoms with E-state index in [0.717, 1.165) is 25.0 Å². The molecule has 3 rings (SSSR count). The number of hydrogen-bond acceptors (Lipinski definition) is 5. The molecule has 0 saturated carbocycles. The van der Waals surface area contributed by atoms with Crippen molar-refractivity contribution in [1.29, 1.82) is 0 Å². The van der Waals surface area contributed by atoms with Crippen molar-refractivity contribution >= 4 is 11.6 Å². The van der Waals surface area contributed by atoms with Gasteiger partial charge in [-0.2, -0.15) is 10.2 Å². The summed E-state index contributed by atoms with van der Waals surface area (Å²) in [5.41, 5.74) is 2.25. The average molecular weight is 326 g/mol. The van der Waals surface area contributed by atoms with Gasteiger partial charge in [-0.25, -0.2) is 0 Å². The van der Waals surface area contributed by atoms with Crippen LogP contribution in [0.25, 0.3) is 0 Å². The third kappa shape index (κ3) is 3.76. The minimum atomic E-state index is -0.145. The van der Waals surface area contributed by atoms with Crippen molar-refractivity contribution in [2.75, 3.05) is 18.1 Å². The Morgan fingerprint density at radius 2 is 2.17 bits per heavy atom. The number of aromatic nitrogens is 3. The van der Waals surface area contributed by atoms with Crippen molar-refractivity contribution in [3.63, 3.8) is 0 Å². The number of anilines is 1. The zero-order valence-electron chi connectivity index (χ0n) is 14.1. The molecule has 0 bridgehead atoms. The standard InChI is InChI=1S/C18H22N4O2/c1-13(2)14-5-6-17(19-10-14)18(23)22(12-16-4-3-9-24-16)15-7-8-20-21-11-15/h5-8,10-11,13,16H,3-4,9,12H2,1-2H3. The number of ether oxygens (including phenoxy) is 1. The van der Waals surface area contributed by atoms with Crippen molar-refractivity contribution in [3.05, 3.63) is 48.0 Å². The Bertz CT molecular complexity index is 667. The van der Waals surface area contributed by atoms with Crippen LogP contribution in [0.1, 0.15) is 48.7 Å². The fourth-order valence-corrected chi connectivity index (χ4v) is 2.75. The van der Waals surface area contributed by atoms with E-state index < -0.39 is 0 Å². The first-order chi connectivity index (χ1) is 11.6. The van der Waals surface area contributed by atoms with Crippen LogP contribution in [-0.2, 0) is 4.74 Å². The number of hydrogen-bond donors (Lipinski definition) is 0. The summed E-state index contributed by atoms with van der Waals surface area (Å²) in [5, 5.41) is 7.68. The van der Waals surface area contributed by atoms with Crippen LogP contribution in [0.4, 0.5) is 5.69 Å². The van der Waals surface area contributed by atoms with Crippen LogP contribution in [-0.4, -0.2) is 40.3 Å². The van der Waals surface area contributed by atoms with Crippen molar-refractivity contribution in [2.24, 2.45) is 0 Å². The van der Waals surface area contributed by atoms with Gasteiger partial charge in [0.05, 0.1) is 30.7 Å². The Kier molecular flexibility index (Phi) is 5.15. The molecule has 1 unspecified atom stereocenters. The van der Waals surface area contributed by atoms with Crippen LogP contribution in [0.3, 0.4) is 0 Å². The van der Waals surface area contributed by atoms with E-state index >= 15 is 0 Å². The van der Waals surface area contributed by atoms with Gasteiger partial charge in [-0.1, -0.05) is 19.9 Å². The molecule has 1 aliphatic heterocycles. The van der Waals surface area contributed by atoms with E-state index in [-0.39, 0.29) is 12.0 Å². The highest BCUT2D eigenvalue weighted by Gasteiger charge is 2.25. The topological polar surface area (TPSA) is 68.2 Å². The van der Waals surface area contributed by atoms with Gasteiger partial charge >= 0.3 is 0 Å². The van der Waals surface area contributed by atoms with Gasteiger partial charge in [0.25, 0.3) is 5.91 Å². The molecule has 1 fully saturated rings. The van der Waals surface area contributed by atoms with Gasteiger partial charge in [0.15, 0.2) is 0 Å². The maximum absolute atomic E-state index is 13.0. The number of nitrogens with zero attached hydrogens (tertiary/aromatic N) is 4. The van der Waals surface area contributed by atoms with E-state index in [4.69, 9.17) is 4.74 Å². The summed E-state index contributed by atoms with van der Waals surface area (Å²) >= 11 is 0. The second kappa shape index (κ2) is 7.49. The molecule has 1 saturated heterocycles. The van der Waals surface area contributed by atoms with Crippen LogP contribution in [0.5, 0.6) is 0 Å². The molecular formula is C18H22N4O2. The normalized spacial score (nSPS) is 17.2. The first kappa shape index (κ1) is 16.5. The van der Waals surface area contributed by atoms with Gasteiger partial charge in [-0.05, 0) is 36.5 Å². The molecule has 0 aliphatic carbocycles. The van der Waals surface area contributed by atoms with Crippen molar-refractivity contribution < 1.29 is 9.53 Å². The first-order valence-electron chi connectivity index (χ1n) is 8.31. The number of pyridine rings is 1. The summed E-state index contributed by atoms with van der Waals surface area (Å²) in [5.74, 6) is 0.239. The Morgan fingerprint density at radius 3 is 2.75 bits per heavy atom. The molecule has 0 spiro atoms. The Balaban J connectivity index is 1.84. The maximum atomic E-state index is 13.0. The third-order valence-electron chi connectivity index (χ3n) is 4.21. The molecule has 24 heavy (non-hydrogen) atoms. The van der Waals surface area contributed by atoms with E-state index in [1.165, 1.54) is 0 Å². The Morgan fingerprint density at radius 1 is 1.29 bits per heavy atom. The second-order valence-electron chi connectivity index (χ2n) is 6.28. The number of amides is 1. The second-order valence-corrected chi connectivity index (χ2v) is 6.28. The summed E-state index contributed by atoms with van der Waals surface area (Å²) in [7, 11) is 0. The molecule has 6 heteroatoms. The smallest absolute Gasteiger partial charge is 0.276 e. The number of carbonyl (C=O) groups excluding carboxylic acids is 1. The highest BCUT2D eigenvalue weighted by Crippen LogP contribution is 2.21. The molecule has 0 radical (unpaired) electrons. The third-order valence-corrected chi connectivity index (χ3v) is 4.21. The summed E-state index contributed by atoms with van der Waals surface area (Å²) < 4.78 is 5.69. The average Bonchev–Trinajstić information content (AvgIpc) is 3.13. The van der Waals surface area contributed by atoms with Crippen LogP contribution in [0.2, 0.25) is 0 Å². The predicted octanol–water partition coefficient (Wildman–Crippen LogP) is 2.82. The van der Waals surface area contributed by atoms with Crippen molar-refractivity contribution in [2.45, 2.75) is 38.7 Å². The molecule has 6 nitrogen and oxygen atoms in total. The predicted molar refractivity (Wildman–Crippen MR) is 91.0 cm³/mol. The van der Waals surface area contributed by atoms with Crippen LogP contribution >= 0.6 is 0 Å². The summed E-state index contributed by atoms with van der Waals surface area (Å²) in [6.07, 6.45) is 6.99. The summed E-state index contributed by atoms with van der Waals surface area (Å²) in [6, 6.07) is 5.52. The zero-order chi connectivity index (χ0) is 16.9. The Labute approximate surface area is 141 Å². The lowest BCUT2D eigenvalue weighted by Crippen LogP contribution is -2.38. The first-order valence-corrected chi connectivity index (χ1v) is 8.31. The highest BCUT2D eigenvalue weighted by molar-refractivity contribution is 6.04. The molecule has 1 atom stereocenters. The monoisotopic (exact) mass is 326 g/mol. The van der Waals surface area contributed by atoms with Crippen LogP contribution < -0.4 is 4.90 Å². The van der Waals surface area contributed by atoms with Gasteiger partial charge < -0.3 is 9.64 Å². The molecule has 126 valence electrons. The van der Waals surface area contributed by atoms with Gasteiger partial charge in [-0.15, -0.1) is 0 Å². The lowest BCUT2D eigenvalue weighted by molar-refractivity contribution is 0.0913. The SMILES string of the molecule is CC(C)c1ccc(C(=O)N(CC2CCCO2)c2ccnnc2)nc1. The minimum absolute atomic E-state index is 0.0528. The summed E-state index contributed by atoms with van der Waals surface area (Å²) in [6.45, 7) is 5.45. The molecule has 0 N–H and O–H groups in total. The maximum Gasteiger partial charge on any atom is 0.276 e. The van der Waals surface area contributed by atoms with Crippen LogP contribution in [0, 0.1) is 0 Å². The van der Waals surface area contributed by atoms with E-state index in [1.54, 1.807) is 35.6 Å². The van der Waals surface area contributed by atoms with Gasteiger partial charge in [0.2, 0.25) is 0 Å². The molecule has 1 aliphatic rings. The molecule has 3 heterocycles. The van der Waals surface area contributed by atoms with E-state index in [0.29, 0.717) is 23.8 Å². The van der Waals surface area contributed by atoms with E-state index in [1.807, 2.05) is 6.07 Å². The Hall–Kier alpha value is -2.34. The fourth-order valence-electron chi connectivity index (χ4n) is 2.75. The van der Waals surface area contributed by atoms with Gasteiger partial charge in [0.1, 0.15) is 5.69 Å². The molecule has 1 amide bonds. The zero-order valence-corrected chi connectivity index (χ0v) is 14.1. The van der Waals surface area contributed by atoms with Crippen molar-refractivity contribution in [1.82, 2.24) is 15.2 Å². The highest BCUT2D eigenvalue weighted by atomic mass is 16.5. The molecule has 0 aromatic carbocycles. The van der Waals surface area contributed by atoms with E-state index in [2.05, 4.69) is 29.0 Å². The number of carbonyl (C=O) groups is 1. The summed E-state index contributed by atoms with van der Waals surface area (Å²) in [4.78, 5) is 19.0. The largest absolute Gasteiger partial charge is 0.376 e. The molecule has 2 aromatic rings. The lowest BCUT2D eigenvalue weighted by atomic mass is 10.1. The number of rotatable bonds is 5. The quantitative estimate of drug-likeness (QED) is 0.845.